The third-order valence-corrected chi connectivity index (χ3v) is 5.94. The van der Waals surface area contributed by atoms with Gasteiger partial charge in [0, 0.05) is 45.3 Å². The summed E-state index contributed by atoms with van der Waals surface area (Å²) in [6.07, 6.45) is 2.99. The Morgan fingerprint density at radius 3 is 2.22 bits per heavy atom. The van der Waals surface area contributed by atoms with E-state index in [0.717, 1.165) is 50.3 Å². The molecule has 2 atom stereocenters. The highest BCUT2D eigenvalue weighted by molar-refractivity contribution is 14.0. The van der Waals surface area contributed by atoms with Gasteiger partial charge in [-0.3, -0.25) is 14.7 Å². The normalized spacial score (nSPS) is 25.7. The Labute approximate surface area is 182 Å². The van der Waals surface area contributed by atoms with Crippen LogP contribution in [-0.2, 0) is 9.53 Å². The number of hydrogen-bond acceptors (Lipinski definition) is 4. The molecule has 6 nitrogen and oxygen atoms in total. The lowest BCUT2D eigenvalue weighted by Gasteiger charge is -2.45. The van der Waals surface area contributed by atoms with Crippen LogP contribution in [0.3, 0.4) is 0 Å². The molecule has 2 unspecified atom stereocenters. The molecule has 27 heavy (non-hydrogen) atoms. The van der Waals surface area contributed by atoms with Crippen molar-refractivity contribution in [2.45, 2.75) is 52.5 Å². The molecule has 2 rings (SSSR count). The van der Waals surface area contributed by atoms with E-state index in [4.69, 9.17) is 4.74 Å². The van der Waals surface area contributed by atoms with E-state index in [1.807, 2.05) is 7.05 Å². The van der Waals surface area contributed by atoms with Gasteiger partial charge in [-0.1, -0.05) is 13.8 Å². The predicted octanol–water partition coefficient (Wildman–Crippen LogP) is 2.82. The maximum atomic E-state index is 11.7. The van der Waals surface area contributed by atoms with Crippen LogP contribution in [0.15, 0.2) is 4.99 Å². The van der Waals surface area contributed by atoms with E-state index in [0.29, 0.717) is 0 Å². The van der Waals surface area contributed by atoms with Gasteiger partial charge >= 0.3 is 5.97 Å². The number of guanidine groups is 1. The van der Waals surface area contributed by atoms with Crippen LogP contribution >= 0.6 is 24.0 Å². The molecule has 2 heterocycles. The minimum atomic E-state index is -0.0814. The van der Waals surface area contributed by atoms with Gasteiger partial charge in [0.1, 0.15) is 0 Å². The van der Waals surface area contributed by atoms with Crippen molar-refractivity contribution in [1.82, 2.24) is 15.1 Å². The molecule has 158 valence electrons. The number of esters is 1. The quantitative estimate of drug-likeness (QED) is 0.282. The summed E-state index contributed by atoms with van der Waals surface area (Å²) in [5, 5.41) is 3.58. The summed E-state index contributed by atoms with van der Waals surface area (Å²) in [6, 6.07) is 0. The number of nitrogens with one attached hydrogen (secondary N) is 1. The van der Waals surface area contributed by atoms with E-state index in [1.54, 1.807) is 0 Å². The average molecular weight is 494 g/mol. The number of nitrogens with zero attached hydrogens (tertiary/aromatic N) is 3. The van der Waals surface area contributed by atoms with Crippen molar-refractivity contribution >= 4 is 35.9 Å². The Bertz CT molecular complexity index is 494. The monoisotopic (exact) mass is 494 g/mol. The summed E-state index contributed by atoms with van der Waals surface area (Å²) in [5.41, 5.74) is 0.0865. The first kappa shape index (κ1) is 24.5. The fourth-order valence-electron chi connectivity index (χ4n) is 4.39. The Morgan fingerprint density at radius 1 is 1.19 bits per heavy atom. The van der Waals surface area contributed by atoms with Crippen molar-refractivity contribution in [3.05, 3.63) is 0 Å². The van der Waals surface area contributed by atoms with E-state index in [-0.39, 0.29) is 41.4 Å². The van der Waals surface area contributed by atoms with Crippen LogP contribution in [0.4, 0.5) is 0 Å². The number of methoxy groups -OCH3 is 1. The van der Waals surface area contributed by atoms with Crippen LogP contribution in [0.25, 0.3) is 0 Å². The van der Waals surface area contributed by atoms with E-state index in [9.17, 15) is 4.79 Å². The van der Waals surface area contributed by atoms with E-state index < -0.39 is 0 Å². The van der Waals surface area contributed by atoms with Crippen LogP contribution < -0.4 is 5.32 Å². The molecule has 0 aromatic heterocycles. The Morgan fingerprint density at radius 2 is 1.74 bits per heavy atom. The molecule has 0 saturated carbocycles. The predicted molar refractivity (Wildman–Crippen MR) is 122 cm³/mol. The maximum absolute atomic E-state index is 11.7. The van der Waals surface area contributed by atoms with E-state index >= 15 is 0 Å². The number of ether oxygens (including phenoxy) is 1. The van der Waals surface area contributed by atoms with Crippen molar-refractivity contribution in [3.8, 4) is 0 Å². The molecular formula is C20H39IN4O2. The standard InChI is InChI=1S/C20H38N4O2.HI/c1-15-11-16(2)13-24(12-15)20(3,4)14-22-19(21-5)23-9-7-17(8-10-23)18(25)26-6;/h15-17H,7-14H2,1-6H3,(H,21,22);1H. The molecule has 0 aliphatic carbocycles. The number of carbonyl (C=O) groups excluding carboxylic acids is 1. The zero-order valence-electron chi connectivity index (χ0n) is 18.0. The third-order valence-electron chi connectivity index (χ3n) is 5.94. The number of rotatable bonds is 4. The summed E-state index contributed by atoms with van der Waals surface area (Å²) >= 11 is 0. The van der Waals surface area contributed by atoms with Gasteiger partial charge in [-0.05, 0) is 44.9 Å². The number of piperidine rings is 2. The molecule has 1 N–H and O–H groups in total. The number of hydrogen-bond donors (Lipinski definition) is 1. The fraction of sp³-hybridized carbons (Fsp3) is 0.900. The molecule has 2 aliphatic heterocycles. The van der Waals surface area contributed by atoms with Crippen molar-refractivity contribution in [2.24, 2.45) is 22.7 Å². The van der Waals surface area contributed by atoms with Crippen molar-refractivity contribution in [2.75, 3.05) is 46.9 Å². The molecule has 2 saturated heterocycles. The van der Waals surface area contributed by atoms with Crippen molar-refractivity contribution in [1.29, 1.82) is 0 Å². The lowest BCUT2D eigenvalue weighted by molar-refractivity contribution is -0.146. The van der Waals surface area contributed by atoms with Crippen molar-refractivity contribution < 1.29 is 9.53 Å². The minimum Gasteiger partial charge on any atom is -0.469 e. The van der Waals surface area contributed by atoms with E-state index in [2.05, 4.69) is 47.8 Å². The average Bonchev–Trinajstić information content (AvgIpc) is 2.61. The Hall–Kier alpha value is -0.570. The van der Waals surface area contributed by atoms with E-state index in [1.165, 1.54) is 26.6 Å². The topological polar surface area (TPSA) is 57.2 Å². The van der Waals surface area contributed by atoms with Gasteiger partial charge in [-0.2, -0.15) is 0 Å². The Kier molecular flexibility index (Phi) is 9.82. The van der Waals surface area contributed by atoms with Gasteiger partial charge in [0.2, 0.25) is 0 Å². The molecule has 0 aromatic carbocycles. The zero-order valence-corrected chi connectivity index (χ0v) is 20.3. The number of carbonyl (C=O) groups is 1. The SMILES string of the molecule is CN=C(NCC(C)(C)N1CC(C)CC(C)C1)N1CCC(C(=O)OC)CC1.I. The van der Waals surface area contributed by atoms with Gasteiger partial charge in [0.25, 0.3) is 0 Å². The first-order valence-electron chi connectivity index (χ1n) is 10.0. The number of aliphatic imine (C=N–C) groups is 1. The van der Waals surface area contributed by atoms with Gasteiger partial charge in [-0.15, -0.1) is 24.0 Å². The summed E-state index contributed by atoms with van der Waals surface area (Å²) in [6.45, 7) is 14.3. The lowest BCUT2D eigenvalue weighted by atomic mass is 9.88. The molecule has 0 amide bonds. The Balaban J connectivity index is 0.00000364. The largest absolute Gasteiger partial charge is 0.469 e. The first-order valence-corrected chi connectivity index (χ1v) is 10.0. The number of likely N-dealkylation sites (tertiary alicyclic amines) is 2. The fourth-order valence-corrected chi connectivity index (χ4v) is 4.39. The van der Waals surface area contributed by atoms with Crippen LogP contribution in [-0.4, -0.2) is 74.1 Å². The maximum Gasteiger partial charge on any atom is 0.308 e. The van der Waals surface area contributed by atoms with Crippen molar-refractivity contribution in [3.63, 3.8) is 0 Å². The van der Waals surface area contributed by atoms with Crippen LogP contribution in [0.2, 0.25) is 0 Å². The first-order chi connectivity index (χ1) is 12.3. The van der Waals surface area contributed by atoms with Crippen LogP contribution in [0.1, 0.15) is 47.0 Å². The third kappa shape index (κ3) is 6.76. The molecule has 0 bridgehead atoms. The molecule has 2 aliphatic rings. The second kappa shape index (κ2) is 10.8. The lowest BCUT2D eigenvalue weighted by Crippen LogP contribution is -2.58. The minimum absolute atomic E-state index is 0. The van der Waals surface area contributed by atoms with Gasteiger partial charge in [-0.25, -0.2) is 0 Å². The van der Waals surface area contributed by atoms with Gasteiger partial charge in [0.15, 0.2) is 5.96 Å². The highest BCUT2D eigenvalue weighted by atomic mass is 127. The highest BCUT2D eigenvalue weighted by Gasteiger charge is 2.33. The smallest absolute Gasteiger partial charge is 0.308 e. The van der Waals surface area contributed by atoms with Crippen LogP contribution in [0, 0.1) is 17.8 Å². The summed E-state index contributed by atoms with van der Waals surface area (Å²) < 4.78 is 4.88. The summed E-state index contributed by atoms with van der Waals surface area (Å²) in [7, 11) is 3.31. The summed E-state index contributed by atoms with van der Waals surface area (Å²) in [4.78, 5) is 21.1. The highest BCUT2D eigenvalue weighted by Crippen LogP contribution is 2.27. The zero-order chi connectivity index (χ0) is 19.3. The second-order valence-corrected chi connectivity index (χ2v) is 8.85. The number of halogens is 1. The second-order valence-electron chi connectivity index (χ2n) is 8.85. The van der Waals surface area contributed by atoms with Gasteiger partial charge < -0.3 is 15.0 Å². The van der Waals surface area contributed by atoms with Gasteiger partial charge in [0.05, 0.1) is 13.0 Å². The molecule has 0 radical (unpaired) electrons. The molecule has 2 fully saturated rings. The van der Waals surface area contributed by atoms with Crippen LogP contribution in [0.5, 0.6) is 0 Å². The molecule has 7 heteroatoms. The molecule has 0 spiro atoms. The summed E-state index contributed by atoms with van der Waals surface area (Å²) in [5.74, 6) is 2.41. The molecule has 0 aromatic rings. The molecular weight excluding hydrogens is 455 g/mol.